The van der Waals surface area contributed by atoms with Crippen molar-refractivity contribution in [1.29, 1.82) is 0 Å². The van der Waals surface area contributed by atoms with Gasteiger partial charge in [-0.3, -0.25) is 14.5 Å². The molecular formula is C23H29N5O2S. The summed E-state index contributed by atoms with van der Waals surface area (Å²) in [5.74, 6) is -0.112. The molecular weight excluding hydrogens is 410 g/mol. The Morgan fingerprint density at radius 2 is 1.87 bits per heavy atom. The number of thiophene rings is 1. The van der Waals surface area contributed by atoms with Gasteiger partial charge in [0.15, 0.2) is 0 Å². The van der Waals surface area contributed by atoms with Crippen molar-refractivity contribution in [2.45, 2.75) is 19.8 Å². The van der Waals surface area contributed by atoms with Gasteiger partial charge < -0.3 is 14.8 Å². The predicted molar refractivity (Wildman–Crippen MR) is 126 cm³/mol. The molecule has 164 valence electrons. The van der Waals surface area contributed by atoms with Crippen LogP contribution >= 0.6 is 11.3 Å². The Bertz CT molecular complexity index is 1100. The molecule has 31 heavy (non-hydrogen) atoms. The van der Waals surface area contributed by atoms with E-state index >= 15 is 0 Å². The van der Waals surface area contributed by atoms with Crippen molar-refractivity contribution >= 4 is 33.1 Å². The van der Waals surface area contributed by atoms with Gasteiger partial charge in [0, 0.05) is 45.5 Å². The first-order valence-corrected chi connectivity index (χ1v) is 11.6. The van der Waals surface area contributed by atoms with Crippen molar-refractivity contribution < 1.29 is 4.79 Å². The van der Waals surface area contributed by atoms with Crippen LogP contribution in [0.4, 0.5) is 5.69 Å². The lowest BCUT2D eigenvalue weighted by molar-refractivity contribution is 0.0956. The van der Waals surface area contributed by atoms with Crippen LogP contribution in [0, 0.1) is 6.92 Å². The number of aromatic nitrogens is 2. The molecule has 0 atom stereocenters. The zero-order valence-electron chi connectivity index (χ0n) is 18.1. The van der Waals surface area contributed by atoms with Crippen molar-refractivity contribution in [3.8, 4) is 0 Å². The predicted octanol–water partition coefficient (Wildman–Crippen LogP) is 2.64. The number of fused-ring (bicyclic) bond motifs is 1. The van der Waals surface area contributed by atoms with Crippen LogP contribution in [0.3, 0.4) is 0 Å². The number of benzene rings is 1. The monoisotopic (exact) mass is 439 g/mol. The average molecular weight is 440 g/mol. The maximum absolute atomic E-state index is 12.6. The number of para-hydroxylation sites is 1. The van der Waals surface area contributed by atoms with E-state index < -0.39 is 0 Å². The number of hydrogen-bond acceptors (Lipinski definition) is 6. The molecule has 0 radical (unpaired) electrons. The van der Waals surface area contributed by atoms with E-state index in [0.717, 1.165) is 51.1 Å². The van der Waals surface area contributed by atoms with Gasteiger partial charge in [0.05, 0.1) is 16.6 Å². The second-order valence-electron chi connectivity index (χ2n) is 8.02. The highest BCUT2D eigenvalue weighted by atomic mass is 32.1. The molecule has 0 unspecified atom stereocenters. The third-order valence-corrected chi connectivity index (χ3v) is 7.10. The van der Waals surface area contributed by atoms with Gasteiger partial charge in [-0.05, 0) is 44.0 Å². The molecule has 1 amide bonds. The average Bonchev–Trinajstić information content (AvgIpc) is 3.14. The topological polar surface area (TPSA) is 70.5 Å². The summed E-state index contributed by atoms with van der Waals surface area (Å²) in [6, 6.07) is 10.6. The number of nitrogens with zero attached hydrogens (tertiary/aromatic N) is 4. The van der Waals surface area contributed by atoms with Crippen molar-refractivity contribution in [1.82, 2.24) is 19.8 Å². The number of nitrogens with one attached hydrogen (secondary N) is 1. The van der Waals surface area contributed by atoms with Crippen LogP contribution in [0.5, 0.6) is 0 Å². The second kappa shape index (κ2) is 9.62. The summed E-state index contributed by atoms with van der Waals surface area (Å²) >= 11 is 1.29. The van der Waals surface area contributed by atoms with Gasteiger partial charge in [0.2, 0.25) is 0 Å². The number of amides is 1. The SMILES string of the molecule is Cc1c(C(=O)NCCCCN2CCN(c3ccccc3)CC2)sc2ncn(C)c(=O)c12. The van der Waals surface area contributed by atoms with Gasteiger partial charge in [-0.2, -0.15) is 0 Å². The summed E-state index contributed by atoms with van der Waals surface area (Å²) in [5.41, 5.74) is 1.92. The number of aryl methyl sites for hydroxylation is 2. The molecule has 1 N–H and O–H groups in total. The largest absolute Gasteiger partial charge is 0.369 e. The first-order valence-electron chi connectivity index (χ1n) is 10.8. The Morgan fingerprint density at radius 3 is 2.61 bits per heavy atom. The molecule has 3 heterocycles. The maximum Gasteiger partial charge on any atom is 0.262 e. The van der Waals surface area contributed by atoms with Crippen molar-refractivity contribution in [2.24, 2.45) is 7.05 Å². The first kappa shape index (κ1) is 21.5. The van der Waals surface area contributed by atoms with E-state index in [9.17, 15) is 9.59 Å². The third kappa shape index (κ3) is 4.80. The van der Waals surface area contributed by atoms with Crippen molar-refractivity contribution in [3.05, 3.63) is 57.5 Å². The molecule has 8 heteroatoms. The third-order valence-electron chi connectivity index (χ3n) is 5.90. The van der Waals surface area contributed by atoms with Crippen LogP contribution in [-0.2, 0) is 7.05 Å². The number of rotatable bonds is 7. The van der Waals surface area contributed by atoms with Gasteiger partial charge in [-0.1, -0.05) is 18.2 Å². The first-order chi connectivity index (χ1) is 15.0. The molecule has 0 aliphatic carbocycles. The lowest BCUT2D eigenvalue weighted by atomic mass is 10.2. The van der Waals surface area contributed by atoms with E-state index in [4.69, 9.17) is 0 Å². The summed E-state index contributed by atoms with van der Waals surface area (Å²) in [5, 5.41) is 3.56. The summed E-state index contributed by atoms with van der Waals surface area (Å²) in [6.07, 6.45) is 3.50. The molecule has 2 aromatic heterocycles. The number of carbonyl (C=O) groups is 1. The Morgan fingerprint density at radius 1 is 1.13 bits per heavy atom. The standard InChI is InChI=1S/C23H29N5O2S/c1-17-19-22(25-16-26(2)23(19)30)31-20(17)21(29)24-10-6-7-11-27-12-14-28(15-13-27)18-8-4-3-5-9-18/h3-5,8-9,16H,6-7,10-15H2,1-2H3,(H,24,29). The molecule has 1 aromatic carbocycles. The Kier molecular flexibility index (Phi) is 6.67. The minimum absolute atomic E-state index is 0.106. The summed E-state index contributed by atoms with van der Waals surface area (Å²) in [4.78, 5) is 35.4. The number of anilines is 1. The fourth-order valence-corrected chi connectivity index (χ4v) is 5.09. The lowest BCUT2D eigenvalue weighted by Gasteiger charge is -2.36. The van der Waals surface area contributed by atoms with Crippen LogP contribution in [-0.4, -0.2) is 59.6 Å². The van der Waals surface area contributed by atoms with Crippen LogP contribution in [0.25, 0.3) is 10.2 Å². The highest BCUT2D eigenvalue weighted by Crippen LogP contribution is 2.26. The Hall–Kier alpha value is -2.71. The van der Waals surface area contributed by atoms with Crippen LogP contribution in [0.1, 0.15) is 28.1 Å². The normalized spacial score (nSPS) is 14.8. The molecule has 0 spiro atoms. The molecule has 4 rings (SSSR count). The van der Waals surface area contributed by atoms with Crippen LogP contribution < -0.4 is 15.8 Å². The van der Waals surface area contributed by atoms with Gasteiger partial charge in [-0.15, -0.1) is 11.3 Å². The maximum atomic E-state index is 12.6. The molecule has 1 aliphatic heterocycles. The van der Waals surface area contributed by atoms with E-state index in [1.165, 1.54) is 27.9 Å². The minimum atomic E-state index is -0.112. The zero-order chi connectivity index (χ0) is 21.8. The van der Waals surface area contributed by atoms with Crippen LogP contribution in [0.15, 0.2) is 41.5 Å². The quantitative estimate of drug-likeness (QED) is 0.573. The molecule has 0 saturated carbocycles. The van der Waals surface area contributed by atoms with E-state index in [1.807, 2.05) is 6.92 Å². The number of unbranched alkanes of at least 4 members (excludes halogenated alkanes) is 1. The Labute approximate surface area is 186 Å². The highest BCUT2D eigenvalue weighted by Gasteiger charge is 2.19. The minimum Gasteiger partial charge on any atom is -0.369 e. The molecule has 1 saturated heterocycles. The van der Waals surface area contributed by atoms with Gasteiger partial charge in [0.1, 0.15) is 4.83 Å². The fourth-order valence-electron chi connectivity index (χ4n) is 4.04. The van der Waals surface area contributed by atoms with Gasteiger partial charge >= 0.3 is 0 Å². The van der Waals surface area contributed by atoms with E-state index in [-0.39, 0.29) is 11.5 Å². The summed E-state index contributed by atoms with van der Waals surface area (Å²) < 4.78 is 1.45. The zero-order valence-corrected chi connectivity index (χ0v) is 19.0. The van der Waals surface area contributed by atoms with E-state index in [1.54, 1.807) is 7.05 Å². The lowest BCUT2D eigenvalue weighted by Crippen LogP contribution is -2.46. The molecule has 3 aromatic rings. The van der Waals surface area contributed by atoms with Crippen molar-refractivity contribution in [3.63, 3.8) is 0 Å². The Balaban J connectivity index is 1.20. The van der Waals surface area contributed by atoms with Crippen LogP contribution in [0.2, 0.25) is 0 Å². The number of carbonyl (C=O) groups excluding carboxylic acids is 1. The smallest absolute Gasteiger partial charge is 0.262 e. The second-order valence-corrected chi connectivity index (χ2v) is 9.02. The van der Waals surface area contributed by atoms with Gasteiger partial charge in [0.25, 0.3) is 11.5 Å². The van der Waals surface area contributed by atoms with Crippen molar-refractivity contribution in [2.75, 3.05) is 44.2 Å². The fraction of sp³-hybridized carbons (Fsp3) is 0.435. The number of hydrogen-bond donors (Lipinski definition) is 1. The molecule has 1 fully saturated rings. The summed E-state index contributed by atoms with van der Waals surface area (Å²) in [6.45, 7) is 7.78. The summed E-state index contributed by atoms with van der Waals surface area (Å²) in [7, 11) is 1.67. The van der Waals surface area contributed by atoms with E-state index in [2.05, 4.69) is 50.4 Å². The molecule has 7 nitrogen and oxygen atoms in total. The highest BCUT2D eigenvalue weighted by molar-refractivity contribution is 7.20. The van der Waals surface area contributed by atoms with E-state index in [0.29, 0.717) is 21.6 Å². The molecule has 0 bridgehead atoms. The number of piperazine rings is 1. The molecule has 1 aliphatic rings. The van der Waals surface area contributed by atoms with Gasteiger partial charge in [-0.25, -0.2) is 4.98 Å².